The van der Waals surface area contributed by atoms with Crippen molar-refractivity contribution >= 4 is 0 Å². The second kappa shape index (κ2) is 6.20. The van der Waals surface area contributed by atoms with Gasteiger partial charge in [0.05, 0.1) is 0 Å². The summed E-state index contributed by atoms with van der Waals surface area (Å²) >= 11 is 0. The fraction of sp³-hybridized carbons (Fsp3) is 0.838. The molecule has 0 radical (unpaired) electrons. The molecule has 12 aliphatic carbocycles. The fourth-order valence-electron chi connectivity index (χ4n) is 16.5. The van der Waals surface area contributed by atoms with Gasteiger partial charge in [0, 0.05) is 16.2 Å². The lowest BCUT2D eigenvalue weighted by Crippen LogP contribution is -2.71. The van der Waals surface area contributed by atoms with E-state index in [1.165, 1.54) is 116 Å². The first-order chi connectivity index (χ1) is 17.6. The summed E-state index contributed by atoms with van der Waals surface area (Å²) in [6.45, 7) is 2.63. The molecule has 0 heteroatoms. The van der Waals surface area contributed by atoms with Crippen LogP contribution >= 0.6 is 0 Å². The van der Waals surface area contributed by atoms with E-state index >= 15 is 0 Å². The lowest BCUT2D eigenvalue weighted by Gasteiger charge is -2.79. The van der Waals surface area contributed by atoms with Crippen LogP contribution in [0.25, 0.3) is 0 Å². The van der Waals surface area contributed by atoms with Gasteiger partial charge >= 0.3 is 0 Å². The lowest BCUT2D eigenvalue weighted by molar-refractivity contribution is -0.292. The summed E-state index contributed by atoms with van der Waals surface area (Å²) in [4.78, 5) is 0. The van der Waals surface area contributed by atoms with Gasteiger partial charge in [-0.2, -0.15) is 0 Å². The van der Waals surface area contributed by atoms with E-state index in [-0.39, 0.29) is 16.2 Å². The van der Waals surface area contributed by atoms with Crippen molar-refractivity contribution < 1.29 is 0 Å². The zero-order valence-electron chi connectivity index (χ0n) is 23.3. The molecule has 10 atom stereocenters. The Balaban J connectivity index is 1.21. The first kappa shape index (κ1) is 22.5. The molecule has 0 aliphatic heterocycles. The molecule has 0 aromatic rings. The standard InChI is InChI=1S/C37H46/c1-5-31-10-26-8-27(11-31)15-34(14-26,21-31)36-17-29-13-33(7-3,23-36)24-37(18-29,25-36)35-16-28-9-30(4,20-35)19-32(6-2,12-28)22-35/h1-3,26-29H,8-25H2,4H3. The summed E-state index contributed by atoms with van der Waals surface area (Å²) in [5.41, 5.74) is 2.73. The molecule has 37 heavy (non-hydrogen) atoms. The largest absolute Gasteiger partial charge is 0.120 e. The molecule has 0 aromatic carbocycles. The predicted octanol–water partition coefficient (Wildman–Crippen LogP) is 8.41. The van der Waals surface area contributed by atoms with Crippen molar-refractivity contribution in [1.82, 2.24) is 0 Å². The van der Waals surface area contributed by atoms with E-state index < -0.39 is 0 Å². The van der Waals surface area contributed by atoms with Crippen molar-refractivity contribution in [3.05, 3.63) is 0 Å². The number of hydrogen-bond donors (Lipinski definition) is 0. The maximum atomic E-state index is 6.64. The number of terminal acetylenes is 3. The van der Waals surface area contributed by atoms with Crippen molar-refractivity contribution in [1.29, 1.82) is 0 Å². The van der Waals surface area contributed by atoms with Gasteiger partial charge in [-0.05, 0) is 166 Å². The third kappa shape index (κ3) is 2.50. The van der Waals surface area contributed by atoms with Gasteiger partial charge in [-0.1, -0.05) is 24.7 Å². The molecule has 12 rings (SSSR count). The zero-order valence-corrected chi connectivity index (χ0v) is 23.3. The molecule has 0 aromatic heterocycles. The first-order valence-corrected chi connectivity index (χ1v) is 16.0. The molecular weight excluding hydrogens is 444 g/mol. The smallest absolute Gasteiger partial charge is 0.0325 e. The van der Waals surface area contributed by atoms with Gasteiger partial charge in [0.15, 0.2) is 0 Å². The molecule has 0 heterocycles. The molecule has 0 nitrogen and oxygen atoms in total. The molecule has 12 aliphatic rings. The minimum Gasteiger partial charge on any atom is -0.120 e. The molecule has 194 valence electrons. The minimum absolute atomic E-state index is 0.138. The third-order valence-electron chi connectivity index (χ3n) is 15.6. The van der Waals surface area contributed by atoms with E-state index in [1.807, 2.05) is 0 Å². The SMILES string of the molecule is C#CC12CC3CC(C1)CC(C14CC5CC(C#C)(C1)CC(C16CC7CC(C)(CC(C#C)(C7)C1)C6)(C5)C4)(C3)C2. The van der Waals surface area contributed by atoms with E-state index in [1.54, 1.807) is 0 Å². The molecule has 0 N–H and O–H groups in total. The number of hydrogen-bond acceptors (Lipinski definition) is 0. The van der Waals surface area contributed by atoms with Crippen LogP contribution in [-0.2, 0) is 0 Å². The Morgan fingerprint density at radius 1 is 0.432 bits per heavy atom. The van der Waals surface area contributed by atoms with Crippen LogP contribution in [0.1, 0.15) is 122 Å². The second-order valence-electron chi connectivity index (χ2n) is 18.2. The Morgan fingerprint density at radius 2 is 0.865 bits per heavy atom. The second-order valence-corrected chi connectivity index (χ2v) is 18.2. The summed E-state index contributed by atoms with van der Waals surface area (Å²) in [5.74, 6) is 14.0. The average molecular weight is 491 g/mol. The Hall–Kier alpha value is -1.32. The highest BCUT2D eigenvalue weighted by molar-refractivity contribution is 5.32. The summed E-state index contributed by atoms with van der Waals surface area (Å²) in [6, 6.07) is 0. The monoisotopic (exact) mass is 490 g/mol. The molecule has 0 saturated heterocycles. The quantitative estimate of drug-likeness (QED) is 0.341. The Kier molecular flexibility index (Phi) is 3.77. The molecular formula is C37H46. The van der Waals surface area contributed by atoms with Crippen LogP contribution in [0.4, 0.5) is 0 Å². The maximum Gasteiger partial charge on any atom is 0.0325 e. The fourth-order valence-corrected chi connectivity index (χ4v) is 16.5. The average Bonchev–Trinajstić information content (AvgIpc) is 2.81. The normalized spacial score (nSPS) is 65.4. The van der Waals surface area contributed by atoms with Crippen LogP contribution in [0.3, 0.4) is 0 Å². The van der Waals surface area contributed by atoms with Crippen LogP contribution < -0.4 is 0 Å². The Bertz CT molecular complexity index is 1220. The van der Waals surface area contributed by atoms with Crippen LogP contribution in [-0.4, -0.2) is 0 Å². The summed E-state index contributed by atoms with van der Waals surface area (Å²) in [7, 11) is 0. The topological polar surface area (TPSA) is 0 Å². The highest BCUT2D eigenvalue weighted by Crippen LogP contribution is 2.86. The van der Waals surface area contributed by atoms with Gasteiger partial charge in [-0.3, -0.25) is 0 Å². The van der Waals surface area contributed by atoms with E-state index in [0.29, 0.717) is 27.1 Å². The molecule has 0 amide bonds. The van der Waals surface area contributed by atoms with Crippen molar-refractivity contribution in [2.24, 2.45) is 67.0 Å². The van der Waals surface area contributed by atoms with Crippen molar-refractivity contribution in [2.45, 2.75) is 122 Å². The van der Waals surface area contributed by atoms with Gasteiger partial charge in [0.1, 0.15) is 0 Å². The van der Waals surface area contributed by atoms with Gasteiger partial charge in [0.25, 0.3) is 0 Å². The van der Waals surface area contributed by atoms with Crippen LogP contribution in [0.2, 0.25) is 0 Å². The van der Waals surface area contributed by atoms with Crippen LogP contribution in [0.15, 0.2) is 0 Å². The van der Waals surface area contributed by atoms with Crippen LogP contribution in [0.5, 0.6) is 0 Å². The van der Waals surface area contributed by atoms with Gasteiger partial charge in [-0.25, -0.2) is 0 Å². The lowest BCUT2D eigenvalue weighted by atomic mass is 9.24. The summed E-state index contributed by atoms with van der Waals surface area (Å²) in [6.07, 6.45) is 44.5. The van der Waals surface area contributed by atoms with E-state index in [9.17, 15) is 0 Å². The molecule has 12 bridgehead atoms. The first-order valence-electron chi connectivity index (χ1n) is 16.0. The summed E-state index contributed by atoms with van der Waals surface area (Å²) in [5, 5.41) is 0. The predicted molar refractivity (Wildman–Crippen MR) is 149 cm³/mol. The minimum atomic E-state index is 0.138. The van der Waals surface area contributed by atoms with Crippen LogP contribution in [0, 0.1) is 104 Å². The Morgan fingerprint density at radius 3 is 1.43 bits per heavy atom. The highest BCUT2D eigenvalue weighted by atomic mass is 14.8. The van der Waals surface area contributed by atoms with Gasteiger partial charge in [0.2, 0.25) is 0 Å². The summed E-state index contributed by atoms with van der Waals surface area (Å²) < 4.78 is 0. The van der Waals surface area contributed by atoms with E-state index in [0.717, 1.165) is 23.7 Å². The van der Waals surface area contributed by atoms with Gasteiger partial charge in [-0.15, -0.1) is 19.3 Å². The number of rotatable bonds is 2. The molecule has 0 spiro atoms. The Labute approximate surface area is 226 Å². The van der Waals surface area contributed by atoms with E-state index in [4.69, 9.17) is 19.3 Å². The van der Waals surface area contributed by atoms with E-state index in [2.05, 4.69) is 24.7 Å². The molecule has 12 saturated carbocycles. The van der Waals surface area contributed by atoms with Crippen molar-refractivity contribution in [3.63, 3.8) is 0 Å². The van der Waals surface area contributed by atoms with Crippen molar-refractivity contribution in [2.75, 3.05) is 0 Å². The maximum absolute atomic E-state index is 6.64. The zero-order chi connectivity index (χ0) is 25.2. The molecule has 10 unspecified atom stereocenters. The third-order valence-corrected chi connectivity index (χ3v) is 15.6. The molecule has 12 fully saturated rings. The van der Waals surface area contributed by atoms with Gasteiger partial charge < -0.3 is 0 Å². The van der Waals surface area contributed by atoms with Crippen molar-refractivity contribution in [3.8, 4) is 37.0 Å². The highest BCUT2D eigenvalue weighted by Gasteiger charge is 2.77.